The van der Waals surface area contributed by atoms with E-state index in [2.05, 4.69) is 15.2 Å². The fraction of sp³-hybridized carbons (Fsp3) is 0.423. The molecule has 1 aliphatic carbocycles. The lowest BCUT2D eigenvalue weighted by Crippen LogP contribution is -2.44. The number of halogens is 3. The number of carbonyl (C=O) groups is 1. The van der Waals surface area contributed by atoms with Crippen LogP contribution < -0.4 is 5.32 Å². The molecule has 0 bridgehead atoms. The van der Waals surface area contributed by atoms with Gasteiger partial charge in [-0.1, -0.05) is 6.42 Å². The quantitative estimate of drug-likeness (QED) is 0.516. The number of benzene rings is 2. The Kier molecular flexibility index (Phi) is 6.15. The molecule has 2 aromatic carbocycles. The summed E-state index contributed by atoms with van der Waals surface area (Å²) in [7, 11) is 0. The first-order valence-electron chi connectivity index (χ1n) is 11.8. The molecule has 0 unspecified atom stereocenters. The van der Waals surface area contributed by atoms with Gasteiger partial charge in [-0.05, 0) is 86.1 Å². The molecule has 33 heavy (non-hydrogen) atoms. The summed E-state index contributed by atoms with van der Waals surface area (Å²) in [5, 5.41) is 3.62. The third kappa shape index (κ3) is 4.64. The molecule has 5 rings (SSSR count). The summed E-state index contributed by atoms with van der Waals surface area (Å²) in [6, 6.07) is 8.24. The molecular formula is C26H28F3N3O. The van der Waals surface area contributed by atoms with Crippen LogP contribution in [0.2, 0.25) is 0 Å². The second-order valence-corrected chi connectivity index (χ2v) is 9.32. The average Bonchev–Trinajstić information content (AvgIpc) is 3.15. The van der Waals surface area contributed by atoms with Gasteiger partial charge in [0.2, 0.25) is 5.91 Å². The van der Waals surface area contributed by atoms with Gasteiger partial charge in [-0.15, -0.1) is 0 Å². The van der Waals surface area contributed by atoms with Gasteiger partial charge >= 0.3 is 0 Å². The number of aromatic nitrogens is 1. The molecule has 2 N–H and O–H groups in total. The van der Waals surface area contributed by atoms with Crippen LogP contribution in [0.15, 0.2) is 36.4 Å². The van der Waals surface area contributed by atoms with Gasteiger partial charge in [0.15, 0.2) is 0 Å². The van der Waals surface area contributed by atoms with Gasteiger partial charge in [0.05, 0.1) is 11.2 Å². The summed E-state index contributed by atoms with van der Waals surface area (Å²) >= 11 is 0. The molecule has 1 saturated heterocycles. The third-order valence-electron chi connectivity index (χ3n) is 7.01. The number of hydrogen-bond donors (Lipinski definition) is 2. The number of piperidine rings is 1. The number of amides is 1. The number of nitrogens with zero attached hydrogens (tertiary/aromatic N) is 1. The Morgan fingerprint density at radius 2 is 1.73 bits per heavy atom. The second-order valence-electron chi connectivity index (χ2n) is 9.32. The SMILES string of the molecule is O=C(CCN1CCCCC1)NC1CC(c2c(-c3ccc(F)cc3)[nH]c3c(F)cc(F)cc23)C1. The van der Waals surface area contributed by atoms with Crippen molar-refractivity contribution in [2.24, 2.45) is 0 Å². The molecular weight excluding hydrogens is 427 g/mol. The van der Waals surface area contributed by atoms with Gasteiger partial charge in [-0.2, -0.15) is 0 Å². The minimum Gasteiger partial charge on any atom is -0.353 e. The molecule has 1 aromatic heterocycles. The number of hydrogen-bond acceptors (Lipinski definition) is 2. The highest BCUT2D eigenvalue weighted by Crippen LogP contribution is 2.45. The number of nitrogens with one attached hydrogen (secondary N) is 2. The van der Waals surface area contributed by atoms with Crippen LogP contribution in [-0.4, -0.2) is 41.5 Å². The van der Waals surface area contributed by atoms with Gasteiger partial charge in [0, 0.05) is 30.5 Å². The van der Waals surface area contributed by atoms with Crippen LogP contribution in [0.5, 0.6) is 0 Å². The first kappa shape index (κ1) is 22.0. The number of rotatable bonds is 6. The highest BCUT2D eigenvalue weighted by molar-refractivity contribution is 5.92. The summed E-state index contributed by atoms with van der Waals surface area (Å²) in [5.41, 5.74) is 2.47. The maximum atomic E-state index is 14.5. The monoisotopic (exact) mass is 455 g/mol. The Hall–Kier alpha value is -2.80. The minimum atomic E-state index is -0.651. The zero-order valence-electron chi connectivity index (χ0n) is 18.5. The van der Waals surface area contributed by atoms with E-state index in [4.69, 9.17) is 0 Å². The van der Waals surface area contributed by atoms with Crippen molar-refractivity contribution in [3.63, 3.8) is 0 Å². The van der Waals surface area contributed by atoms with Crippen molar-refractivity contribution >= 4 is 16.8 Å². The van der Waals surface area contributed by atoms with E-state index < -0.39 is 11.6 Å². The highest BCUT2D eigenvalue weighted by Gasteiger charge is 2.35. The minimum absolute atomic E-state index is 0.0485. The van der Waals surface area contributed by atoms with Crippen molar-refractivity contribution in [3.05, 3.63) is 59.4 Å². The van der Waals surface area contributed by atoms with Gasteiger partial charge in [-0.25, -0.2) is 13.2 Å². The van der Waals surface area contributed by atoms with Crippen LogP contribution >= 0.6 is 0 Å². The van der Waals surface area contributed by atoms with E-state index in [-0.39, 0.29) is 29.2 Å². The Bertz CT molecular complexity index is 1150. The zero-order chi connectivity index (χ0) is 22.9. The van der Waals surface area contributed by atoms with Crippen LogP contribution in [0, 0.1) is 17.5 Å². The van der Waals surface area contributed by atoms with E-state index >= 15 is 0 Å². The Balaban J connectivity index is 1.31. The van der Waals surface area contributed by atoms with Crippen molar-refractivity contribution in [2.45, 2.75) is 50.5 Å². The molecule has 4 nitrogen and oxygen atoms in total. The molecule has 2 fully saturated rings. The van der Waals surface area contributed by atoms with Crippen LogP contribution in [0.1, 0.15) is 50.0 Å². The van der Waals surface area contributed by atoms with Crippen LogP contribution in [0.25, 0.3) is 22.2 Å². The standard InChI is InChI=1S/C26H28F3N3O/c27-18-6-4-16(5-7-18)25-24(21-14-19(28)15-22(29)26(21)31-25)17-12-20(13-17)30-23(33)8-11-32-9-2-1-3-10-32/h4-7,14-15,17,20,31H,1-3,8-13H2,(H,30,33). The molecule has 3 aromatic rings. The van der Waals surface area contributed by atoms with E-state index in [0.717, 1.165) is 36.8 Å². The van der Waals surface area contributed by atoms with Gasteiger partial charge in [0.1, 0.15) is 17.5 Å². The number of H-pyrrole nitrogens is 1. The number of fused-ring (bicyclic) bond motifs is 1. The van der Waals surface area contributed by atoms with Crippen molar-refractivity contribution < 1.29 is 18.0 Å². The fourth-order valence-corrected chi connectivity index (χ4v) is 5.22. The molecule has 1 aliphatic heterocycles. The van der Waals surface area contributed by atoms with E-state index in [1.54, 1.807) is 12.1 Å². The average molecular weight is 456 g/mol. The predicted octanol–water partition coefficient (Wildman–Crippen LogP) is 5.49. The maximum Gasteiger partial charge on any atom is 0.221 e. The molecule has 174 valence electrons. The Labute approximate surface area is 191 Å². The van der Waals surface area contributed by atoms with Crippen molar-refractivity contribution in [2.75, 3.05) is 19.6 Å². The lowest BCUT2D eigenvalue weighted by molar-refractivity contribution is -0.122. The number of likely N-dealkylation sites (tertiary alicyclic amines) is 1. The number of carbonyl (C=O) groups excluding carboxylic acids is 1. The fourth-order valence-electron chi connectivity index (χ4n) is 5.22. The van der Waals surface area contributed by atoms with Crippen molar-refractivity contribution in [1.82, 2.24) is 15.2 Å². The summed E-state index contributed by atoms with van der Waals surface area (Å²) in [4.78, 5) is 17.9. The summed E-state index contributed by atoms with van der Waals surface area (Å²) in [6.45, 7) is 2.93. The molecule has 7 heteroatoms. The summed E-state index contributed by atoms with van der Waals surface area (Å²) in [5.74, 6) is -1.54. The highest BCUT2D eigenvalue weighted by atomic mass is 19.1. The third-order valence-corrected chi connectivity index (χ3v) is 7.01. The normalized spacial score (nSPS) is 21.2. The van der Waals surface area contributed by atoms with Gasteiger partial charge in [-0.3, -0.25) is 4.79 Å². The summed E-state index contributed by atoms with van der Waals surface area (Å²) in [6.07, 6.45) is 5.57. The van der Waals surface area contributed by atoms with E-state index in [9.17, 15) is 18.0 Å². The molecule has 2 aliphatic rings. The second kappa shape index (κ2) is 9.21. The summed E-state index contributed by atoms with van der Waals surface area (Å²) < 4.78 is 42.0. The molecule has 0 atom stereocenters. The largest absolute Gasteiger partial charge is 0.353 e. The van der Waals surface area contributed by atoms with E-state index in [1.165, 1.54) is 37.5 Å². The zero-order valence-corrected chi connectivity index (χ0v) is 18.5. The topological polar surface area (TPSA) is 48.1 Å². The molecule has 1 saturated carbocycles. The van der Waals surface area contributed by atoms with Gasteiger partial charge in [0.25, 0.3) is 0 Å². The lowest BCUT2D eigenvalue weighted by atomic mass is 9.74. The van der Waals surface area contributed by atoms with Crippen molar-refractivity contribution in [3.8, 4) is 11.3 Å². The van der Waals surface area contributed by atoms with Crippen molar-refractivity contribution in [1.29, 1.82) is 0 Å². The molecule has 2 heterocycles. The van der Waals surface area contributed by atoms with Crippen LogP contribution in [-0.2, 0) is 4.79 Å². The smallest absolute Gasteiger partial charge is 0.221 e. The van der Waals surface area contributed by atoms with E-state index in [1.807, 2.05) is 0 Å². The van der Waals surface area contributed by atoms with Gasteiger partial charge < -0.3 is 15.2 Å². The molecule has 0 radical (unpaired) electrons. The van der Waals surface area contributed by atoms with Crippen LogP contribution in [0.4, 0.5) is 13.2 Å². The predicted molar refractivity (Wildman–Crippen MR) is 122 cm³/mol. The van der Waals surface area contributed by atoms with Crippen LogP contribution in [0.3, 0.4) is 0 Å². The lowest BCUT2D eigenvalue weighted by Gasteiger charge is -2.37. The maximum absolute atomic E-state index is 14.5. The Morgan fingerprint density at radius 1 is 1.00 bits per heavy atom. The van der Waals surface area contributed by atoms with E-state index in [0.29, 0.717) is 30.3 Å². The Morgan fingerprint density at radius 3 is 2.45 bits per heavy atom. The number of aromatic amines is 1. The first-order chi connectivity index (χ1) is 16.0. The molecule has 0 spiro atoms. The molecule has 1 amide bonds. The first-order valence-corrected chi connectivity index (χ1v) is 11.8.